The molecule has 1 heterocycles. The Bertz CT molecular complexity index is 598. The Morgan fingerprint density at radius 3 is 2.81 bits per heavy atom. The second-order valence-electron chi connectivity index (χ2n) is 2.98. The lowest BCUT2D eigenvalue weighted by atomic mass is 10.2. The van der Waals surface area contributed by atoms with Crippen molar-refractivity contribution in [2.24, 2.45) is 0 Å². The summed E-state index contributed by atoms with van der Waals surface area (Å²) in [6.45, 7) is 0. The van der Waals surface area contributed by atoms with Crippen molar-refractivity contribution in [1.29, 1.82) is 0 Å². The molecule has 0 aliphatic rings. The normalized spacial score (nSPS) is 10.4. The van der Waals surface area contributed by atoms with Crippen LogP contribution in [0.5, 0.6) is 0 Å². The summed E-state index contributed by atoms with van der Waals surface area (Å²) in [5.41, 5.74) is 4.80. The Morgan fingerprint density at radius 2 is 2.12 bits per heavy atom. The van der Waals surface area contributed by atoms with Gasteiger partial charge >= 0.3 is 5.69 Å². The molecule has 3 N–H and O–H groups in total. The second kappa shape index (κ2) is 4.01. The Hall–Kier alpha value is -1.76. The molecule has 0 saturated heterocycles. The number of rotatable bonds is 1. The highest BCUT2D eigenvalue weighted by atomic mass is 79.9. The summed E-state index contributed by atoms with van der Waals surface area (Å²) in [4.78, 5) is 20.5. The van der Waals surface area contributed by atoms with Crippen LogP contribution < -0.4 is 11.4 Å². The van der Waals surface area contributed by atoms with Gasteiger partial charge in [-0.3, -0.25) is 4.98 Å². The van der Waals surface area contributed by atoms with Crippen molar-refractivity contribution in [3.05, 3.63) is 39.0 Å². The van der Waals surface area contributed by atoms with Crippen molar-refractivity contribution in [2.75, 3.05) is 5.73 Å². The number of nitrogens with zero attached hydrogens (tertiary/aromatic N) is 2. The first kappa shape index (κ1) is 10.7. The highest BCUT2D eigenvalue weighted by molar-refractivity contribution is 9.10. The van der Waals surface area contributed by atoms with Crippen LogP contribution in [0.2, 0.25) is 0 Å². The molecule has 0 aliphatic carbocycles. The molecule has 0 radical (unpaired) electrons. The number of benzene rings is 1. The van der Waals surface area contributed by atoms with Crippen molar-refractivity contribution in [3.63, 3.8) is 0 Å². The predicted molar refractivity (Wildman–Crippen MR) is 60.2 cm³/mol. The maximum Gasteiger partial charge on any atom is 0.349 e. The standard InChI is InChI=1S/C9H6BrFN4O/c10-4-1-2-6(11)5(3-4)7-13-8(12)15-9(16)14-7/h1-3H,(H3,12,13,14,15,16). The van der Waals surface area contributed by atoms with Gasteiger partial charge in [-0.25, -0.2) is 9.18 Å². The lowest BCUT2D eigenvalue weighted by molar-refractivity contribution is 0.629. The van der Waals surface area contributed by atoms with Gasteiger partial charge in [0.1, 0.15) is 11.6 Å². The van der Waals surface area contributed by atoms with Crippen LogP contribution in [0.3, 0.4) is 0 Å². The molecule has 0 bridgehead atoms. The fourth-order valence-electron chi connectivity index (χ4n) is 1.21. The quantitative estimate of drug-likeness (QED) is 0.827. The predicted octanol–water partition coefficient (Wildman–Crippen LogP) is 1.32. The van der Waals surface area contributed by atoms with Gasteiger partial charge in [0.25, 0.3) is 0 Å². The maximum absolute atomic E-state index is 13.5. The van der Waals surface area contributed by atoms with Gasteiger partial charge in [-0.15, -0.1) is 0 Å². The number of halogens is 2. The minimum atomic E-state index is -0.665. The number of hydrogen-bond acceptors (Lipinski definition) is 4. The fourth-order valence-corrected chi connectivity index (χ4v) is 1.57. The van der Waals surface area contributed by atoms with E-state index in [0.717, 1.165) is 0 Å². The maximum atomic E-state index is 13.5. The van der Waals surface area contributed by atoms with E-state index in [1.54, 1.807) is 6.07 Å². The van der Waals surface area contributed by atoms with Gasteiger partial charge in [-0.05, 0) is 18.2 Å². The lowest BCUT2D eigenvalue weighted by Gasteiger charge is -2.03. The number of nitrogen functional groups attached to an aromatic ring is 1. The first-order valence-corrected chi connectivity index (χ1v) is 5.05. The van der Waals surface area contributed by atoms with Crippen LogP contribution in [0.1, 0.15) is 0 Å². The Labute approximate surface area is 97.7 Å². The topological polar surface area (TPSA) is 84.7 Å². The molecule has 0 aliphatic heterocycles. The fraction of sp³-hybridized carbons (Fsp3) is 0. The molecular formula is C9H6BrFN4O. The van der Waals surface area contributed by atoms with E-state index in [9.17, 15) is 9.18 Å². The van der Waals surface area contributed by atoms with E-state index in [1.807, 2.05) is 0 Å². The number of aromatic amines is 1. The zero-order valence-corrected chi connectivity index (χ0v) is 9.45. The molecular weight excluding hydrogens is 279 g/mol. The monoisotopic (exact) mass is 284 g/mol. The van der Waals surface area contributed by atoms with E-state index < -0.39 is 11.5 Å². The third-order valence-corrected chi connectivity index (χ3v) is 2.34. The number of anilines is 1. The smallest absolute Gasteiger partial charge is 0.349 e. The van der Waals surface area contributed by atoms with Crippen LogP contribution in [-0.2, 0) is 0 Å². The number of aromatic nitrogens is 3. The van der Waals surface area contributed by atoms with Crippen LogP contribution >= 0.6 is 15.9 Å². The van der Waals surface area contributed by atoms with Crippen molar-refractivity contribution in [3.8, 4) is 11.4 Å². The van der Waals surface area contributed by atoms with Gasteiger partial charge in [0.2, 0.25) is 5.95 Å². The molecule has 1 aromatic heterocycles. The summed E-state index contributed by atoms with van der Waals surface area (Å²) in [7, 11) is 0. The van der Waals surface area contributed by atoms with Gasteiger partial charge in [0, 0.05) is 4.47 Å². The van der Waals surface area contributed by atoms with E-state index in [4.69, 9.17) is 5.73 Å². The van der Waals surface area contributed by atoms with Crippen LogP contribution in [0.25, 0.3) is 11.4 Å². The average Bonchev–Trinajstić information content (AvgIpc) is 2.20. The van der Waals surface area contributed by atoms with E-state index in [0.29, 0.717) is 4.47 Å². The SMILES string of the molecule is Nc1nc(-c2cc(Br)ccc2F)[nH]c(=O)n1. The number of H-pyrrole nitrogens is 1. The summed E-state index contributed by atoms with van der Waals surface area (Å²) in [5, 5.41) is 0. The molecule has 2 rings (SSSR count). The summed E-state index contributed by atoms with van der Waals surface area (Å²) < 4.78 is 14.1. The molecule has 0 fully saturated rings. The largest absolute Gasteiger partial charge is 0.368 e. The number of nitrogens with two attached hydrogens (primary N) is 1. The molecule has 0 spiro atoms. The van der Waals surface area contributed by atoms with Crippen LogP contribution in [0.15, 0.2) is 27.5 Å². The molecule has 16 heavy (non-hydrogen) atoms. The molecule has 7 heteroatoms. The zero-order valence-electron chi connectivity index (χ0n) is 7.87. The van der Waals surface area contributed by atoms with Gasteiger partial charge in [-0.1, -0.05) is 15.9 Å². The number of nitrogens with one attached hydrogen (secondary N) is 1. The highest BCUT2D eigenvalue weighted by Gasteiger charge is 2.09. The molecule has 0 atom stereocenters. The summed E-state index contributed by atoms with van der Waals surface area (Å²) in [6.07, 6.45) is 0. The molecule has 82 valence electrons. The van der Waals surface area contributed by atoms with E-state index >= 15 is 0 Å². The molecule has 0 amide bonds. The molecule has 1 aromatic carbocycles. The Kier molecular flexibility index (Phi) is 2.69. The molecule has 2 aromatic rings. The minimum absolute atomic E-state index is 0.0521. The number of hydrogen-bond donors (Lipinski definition) is 2. The van der Waals surface area contributed by atoms with Crippen LogP contribution in [0.4, 0.5) is 10.3 Å². The van der Waals surface area contributed by atoms with Gasteiger partial charge in [0.15, 0.2) is 0 Å². The average molecular weight is 285 g/mol. The first-order valence-electron chi connectivity index (χ1n) is 4.25. The summed E-state index contributed by atoms with van der Waals surface area (Å²) >= 11 is 3.20. The van der Waals surface area contributed by atoms with Crippen molar-refractivity contribution in [1.82, 2.24) is 15.0 Å². The Morgan fingerprint density at radius 1 is 1.38 bits per heavy atom. The first-order chi connectivity index (χ1) is 7.56. The van der Waals surface area contributed by atoms with Crippen LogP contribution in [-0.4, -0.2) is 15.0 Å². The third-order valence-electron chi connectivity index (χ3n) is 1.85. The van der Waals surface area contributed by atoms with Crippen molar-refractivity contribution < 1.29 is 4.39 Å². The van der Waals surface area contributed by atoms with E-state index in [2.05, 4.69) is 30.9 Å². The van der Waals surface area contributed by atoms with Crippen molar-refractivity contribution >= 4 is 21.9 Å². The summed E-state index contributed by atoms with van der Waals surface area (Å²) in [6, 6.07) is 4.30. The van der Waals surface area contributed by atoms with E-state index in [1.165, 1.54) is 12.1 Å². The van der Waals surface area contributed by atoms with Gasteiger partial charge < -0.3 is 5.73 Å². The lowest BCUT2D eigenvalue weighted by Crippen LogP contribution is -2.15. The zero-order chi connectivity index (χ0) is 11.7. The van der Waals surface area contributed by atoms with Gasteiger partial charge in [-0.2, -0.15) is 9.97 Å². The van der Waals surface area contributed by atoms with Crippen LogP contribution in [0, 0.1) is 5.82 Å². The third kappa shape index (κ3) is 2.08. The second-order valence-corrected chi connectivity index (χ2v) is 3.90. The molecule has 0 unspecified atom stereocenters. The van der Waals surface area contributed by atoms with Gasteiger partial charge in [0.05, 0.1) is 5.56 Å². The Balaban J connectivity index is 2.66. The van der Waals surface area contributed by atoms with Crippen molar-refractivity contribution in [2.45, 2.75) is 0 Å². The molecule has 0 saturated carbocycles. The summed E-state index contributed by atoms with van der Waals surface area (Å²) in [5.74, 6) is -0.647. The highest BCUT2D eigenvalue weighted by Crippen LogP contribution is 2.22. The molecule has 5 nitrogen and oxygen atoms in total. The minimum Gasteiger partial charge on any atom is -0.368 e. The van der Waals surface area contributed by atoms with E-state index in [-0.39, 0.29) is 17.3 Å².